The first-order valence-corrected chi connectivity index (χ1v) is 13.3. The third kappa shape index (κ3) is 3.60. The molecule has 2 aromatic rings. The highest BCUT2D eigenvalue weighted by Gasteiger charge is 2.88. The Hall–Kier alpha value is -2.40. The number of hydrazine groups is 1. The van der Waals surface area contributed by atoms with Gasteiger partial charge in [0.2, 0.25) is 0 Å². The number of rotatable bonds is 6. The van der Waals surface area contributed by atoms with Gasteiger partial charge in [-0.05, 0) is 12.1 Å². The van der Waals surface area contributed by atoms with Gasteiger partial charge in [0.05, 0.1) is 26.8 Å². The molecule has 0 N–H and O–H groups in total. The molecular weight excluding hydrogens is 639 g/mol. The average Bonchev–Trinajstić information content (AvgIpc) is 3.30. The van der Waals surface area contributed by atoms with Crippen LogP contribution in [-0.2, 0) is 9.59 Å². The molecule has 0 aromatic heterocycles. The van der Waals surface area contributed by atoms with Gasteiger partial charge in [-0.25, -0.2) is 5.01 Å². The van der Waals surface area contributed by atoms with E-state index in [1.807, 2.05) is 0 Å². The zero-order valence-electron chi connectivity index (χ0n) is 19.1. The maximum absolute atomic E-state index is 13.8. The molecule has 0 unspecified atom stereocenters. The molecular formula is C24H13Cl6N3O6. The smallest absolute Gasteiger partial charge is 0.273 e. The van der Waals surface area contributed by atoms with E-state index in [1.165, 1.54) is 12.1 Å². The lowest BCUT2D eigenvalue weighted by molar-refractivity contribution is -0.384. The van der Waals surface area contributed by atoms with Crippen LogP contribution in [0.15, 0.2) is 64.7 Å². The number of imide groups is 1. The second kappa shape index (κ2) is 9.33. The van der Waals surface area contributed by atoms with Crippen molar-refractivity contribution in [3.8, 4) is 0 Å². The van der Waals surface area contributed by atoms with Gasteiger partial charge in [0.1, 0.15) is 16.3 Å². The molecule has 2 aromatic carbocycles. The Labute approximate surface area is 250 Å². The van der Waals surface area contributed by atoms with Crippen molar-refractivity contribution in [2.45, 2.75) is 14.1 Å². The van der Waals surface area contributed by atoms with Crippen LogP contribution in [0, 0.1) is 22.0 Å². The lowest BCUT2D eigenvalue weighted by Crippen LogP contribution is -2.56. The summed E-state index contributed by atoms with van der Waals surface area (Å²) in [7, 11) is 0. The molecule has 1 heterocycles. The number of carbonyl (C=O) groups excluding carboxylic acids is 4. The van der Waals surface area contributed by atoms with E-state index >= 15 is 0 Å². The Bertz CT molecular complexity index is 1450. The number of alkyl halides is 4. The molecule has 9 nitrogen and oxygen atoms in total. The SMILES string of the molecule is O=C(CN(C(=O)c1ccc([N+](=O)[O-])cc1)N1C(=O)[C@@H]2[C@@H](C1=O)[C@@]1(Cl)C(Cl)=C(Cl)[C@@]2(Cl)C1(Cl)Cl)c1ccccc1. The van der Waals surface area contributed by atoms with Gasteiger partial charge < -0.3 is 0 Å². The molecule has 2 fully saturated rings. The lowest BCUT2D eigenvalue weighted by Gasteiger charge is -2.36. The Morgan fingerprint density at radius 1 is 0.846 bits per heavy atom. The average molecular weight is 652 g/mol. The van der Waals surface area contributed by atoms with Gasteiger partial charge in [-0.3, -0.25) is 29.3 Å². The van der Waals surface area contributed by atoms with E-state index in [0.29, 0.717) is 10.0 Å². The fourth-order valence-corrected chi connectivity index (χ4v) is 8.11. The summed E-state index contributed by atoms with van der Waals surface area (Å²) in [5.41, 5.74) is -0.266. The fourth-order valence-electron chi connectivity index (χ4n) is 5.18. The van der Waals surface area contributed by atoms with Crippen LogP contribution < -0.4 is 0 Å². The number of nitro groups is 1. The van der Waals surface area contributed by atoms with E-state index in [9.17, 15) is 29.3 Å². The standard InChI is InChI=1S/C24H13Cl6N3O6/c25-17-18(26)23(28)16-15(22(17,27)24(23,29)30)20(36)32(21(16)37)31(10-14(34)11-4-2-1-3-5-11)19(35)12-6-8-13(9-7-12)33(38)39/h1-9,15-16H,10H2/t15-,16-,22+,23+/m0/s1. The molecule has 39 heavy (non-hydrogen) atoms. The first-order chi connectivity index (χ1) is 18.2. The van der Waals surface area contributed by atoms with E-state index in [4.69, 9.17) is 69.6 Å². The third-order valence-electron chi connectivity index (χ3n) is 7.08. The van der Waals surface area contributed by atoms with Gasteiger partial charge in [-0.2, -0.15) is 5.01 Å². The van der Waals surface area contributed by atoms with E-state index in [2.05, 4.69) is 0 Å². The van der Waals surface area contributed by atoms with Crippen LogP contribution in [-0.4, -0.2) is 59.1 Å². The van der Waals surface area contributed by atoms with Crippen molar-refractivity contribution in [3.63, 3.8) is 0 Å². The third-order valence-corrected chi connectivity index (χ3v) is 11.3. The highest BCUT2D eigenvalue weighted by Crippen LogP contribution is 2.77. The highest BCUT2D eigenvalue weighted by atomic mass is 35.5. The predicted octanol–water partition coefficient (Wildman–Crippen LogP) is 5.28. The largest absolute Gasteiger partial charge is 0.292 e. The van der Waals surface area contributed by atoms with E-state index in [0.717, 1.165) is 24.3 Å². The number of non-ortho nitro benzene ring substituents is 1. The van der Waals surface area contributed by atoms with Gasteiger partial charge in [-0.15, -0.1) is 23.2 Å². The molecule has 3 amide bonds. The number of nitro benzene ring substituents is 1. The highest BCUT2D eigenvalue weighted by molar-refractivity contribution is 6.66. The molecule has 5 rings (SSSR count). The molecule has 2 aliphatic carbocycles. The summed E-state index contributed by atoms with van der Waals surface area (Å²) in [5.74, 6) is -6.74. The number of amides is 3. The maximum Gasteiger partial charge on any atom is 0.273 e. The van der Waals surface area contributed by atoms with Crippen molar-refractivity contribution >= 4 is 98.8 Å². The second-order valence-electron chi connectivity index (χ2n) is 9.03. The number of carbonyl (C=O) groups is 4. The maximum atomic E-state index is 13.8. The van der Waals surface area contributed by atoms with Crippen molar-refractivity contribution < 1.29 is 24.1 Å². The first kappa shape index (κ1) is 28.1. The Kier molecular flexibility index (Phi) is 6.73. The summed E-state index contributed by atoms with van der Waals surface area (Å²) < 4.78 is -2.18. The van der Waals surface area contributed by atoms with Crippen LogP contribution in [0.25, 0.3) is 0 Å². The topological polar surface area (TPSA) is 118 Å². The molecule has 2 bridgehead atoms. The second-order valence-corrected chi connectivity index (χ2v) is 12.3. The lowest BCUT2D eigenvalue weighted by atomic mass is 9.84. The van der Waals surface area contributed by atoms with Crippen LogP contribution >= 0.6 is 69.6 Å². The zero-order valence-corrected chi connectivity index (χ0v) is 23.7. The minimum atomic E-state index is -2.18. The molecule has 202 valence electrons. The number of allylic oxidation sites excluding steroid dienone is 2. The van der Waals surface area contributed by atoms with Gasteiger partial charge in [-0.1, -0.05) is 76.7 Å². The van der Waals surface area contributed by atoms with Crippen LogP contribution in [0.2, 0.25) is 0 Å². The van der Waals surface area contributed by atoms with Crippen molar-refractivity contribution in [2.75, 3.05) is 6.54 Å². The summed E-state index contributed by atoms with van der Waals surface area (Å²) in [5, 5.41) is 11.5. The van der Waals surface area contributed by atoms with E-state index in [1.54, 1.807) is 18.2 Å². The minimum absolute atomic E-state index is 0.151. The van der Waals surface area contributed by atoms with Crippen molar-refractivity contribution in [3.05, 3.63) is 85.9 Å². The van der Waals surface area contributed by atoms with Gasteiger partial charge in [0, 0.05) is 23.3 Å². The van der Waals surface area contributed by atoms with Crippen molar-refractivity contribution in [2.24, 2.45) is 11.8 Å². The predicted molar refractivity (Wildman–Crippen MR) is 144 cm³/mol. The molecule has 1 saturated carbocycles. The quantitative estimate of drug-likeness (QED) is 0.138. The molecule has 4 atom stereocenters. The Morgan fingerprint density at radius 2 is 1.33 bits per heavy atom. The molecule has 0 spiro atoms. The molecule has 0 radical (unpaired) electrons. The van der Waals surface area contributed by atoms with Crippen molar-refractivity contribution in [1.29, 1.82) is 0 Å². The summed E-state index contributed by atoms with van der Waals surface area (Å²) in [6.45, 7) is -0.761. The monoisotopic (exact) mass is 649 g/mol. The van der Waals surface area contributed by atoms with Gasteiger partial charge >= 0.3 is 0 Å². The van der Waals surface area contributed by atoms with Crippen molar-refractivity contribution in [1.82, 2.24) is 10.0 Å². The van der Waals surface area contributed by atoms with Crippen LogP contribution in [0.3, 0.4) is 0 Å². The number of benzene rings is 2. The molecule has 1 aliphatic heterocycles. The Morgan fingerprint density at radius 3 is 1.79 bits per heavy atom. The number of Topliss-reactive ketones (excluding diaryl/α,β-unsaturated/α-hetero) is 1. The number of nitrogens with zero attached hydrogens (tertiary/aromatic N) is 3. The van der Waals surface area contributed by atoms with Gasteiger partial charge in [0.15, 0.2) is 10.1 Å². The Balaban J connectivity index is 1.59. The summed E-state index contributed by atoms with van der Waals surface area (Å²) in [6.07, 6.45) is 0. The molecule has 1 saturated heterocycles. The number of halogens is 6. The van der Waals surface area contributed by atoms with E-state index < -0.39 is 60.9 Å². The van der Waals surface area contributed by atoms with Crippen LogP contribution in [0.4, 0.5) is 5.69 Å². The summed E-state index contributed by atoms with van der Waals surface area (Å²) >= 11 is 39.2. The zero-order chi connectivity index (χ0) is 28.7. The fraction of sp³-hybridized carbons (Fsp3) is 0.250. The number of ketones is 1. The summed E-state index contributed by atoms with van der Waals surface area (Å²) in [6, 6.07) is 12.2. The number of hydrogen-bond acceptors (Lipinski definition) is 6. The van der Waals surface area contributed by atoms with Crippen LogP contribution in [0.1, 0.15) is 20.7 Å². The van der Waals surface area contributed by atoms with Crippen LogP contribution in [0.5, 0.6) is 0 Å². The first-order valence-electron chi connectivity index (χ1n) is 11.0. The molecule has 15 heteroatoms. The number of hydrogen-bond donors (Lipinski definition) is 0. The molecule has 3 aliphatic rings. The summed E-state index contributed by atoms with van der Waals surface area (Å²) in [4.78, 5) is 60.6. The van der Waals surface area contributed by atoms with E-state index in [-0.39, 0.29) is 26.9 Å². The van der Waals surface area contributed by atoms with Gasteiger partial charge in [0.25, 0.3) is 23.4 Å². The minimum Gasteiger partial charge on any atom is -0.292 e. The number of fused-ring (bicyclic) bond motifs is 5. The normalized spacial score (nSPS) is 28.6.